The molecule has 0 spiro atoms. The molecule has 138 valence electrons. The number of hydrogen-bond donors (Lipinski definition) is 0. The number of benzene rings is 1. The maximum Gasteiger partial charge on any atom is 0.293 e. The molecular weight excluding hydrogens is 336 g/mol. The van der Waals surface area contributed by atoms with Gasteiger partial charge in [-0.3, -0.25) is 9.69 Å². The first kappa shape index (κ1) is 17.5. The van der Waals surface area contributed by atoms with Crippen molar-refractivity contribution < 1.29 is 9.78 Å². The molecule has 0 atom stereocenters. The highest BCUT2D eigenvalue weighted by molar-refractivity contribution is 5.94. The summed E-state index contributed by atoms with van der Waals surface area (Å²) >= 11 is 0. The van der Waals surface area contributed by atoms with E-state index in [0.717, 1.165) is 49.3 Å². The highest BCUT2D eigenvalue weighted by Gasteiger charge is 2.32. The van der Waals surface area contributed by atoms with Crippen molar-refractivity contribution >= 4 is 11.7 Å². The number of fused-ring (bicyclic) bond motifs is 1. The largest absolute Gasteiger partial charge is 0.331 e. The Bertz CT molecular complexity index is 893. The van der Waals surface area contributed by atoms with Gasteiger partial charge in [0, 0.05) is 5.56 Å². The number of piperazine rings is 1. The molecule has 1 aromatic heterocycles. The molecule has 5 nitrogen and oxygen atoms in total. The zero-order chi connectivity index (χ0) is 18.8. The second kappa shape index (κ2) is 7.40. The van der Waals surface area contributed by atoms with Crippen molar-refractivity contribution in [2.24, 2.45) is 0 Å². The molecule has 1 aliphatic heterocycles. The van der Waals surface area contributed by atoms with E-state index in [4.69, 9.17) is 0 Å². The molecule has 1 fully saturated rings. The fourth-order valence-corrected chi connectivity index (χ4v) is 4.31. The summed E-state index contributed by atoms with van der Waals surface area (Å²) in [5.74, 6) is 1.02. The van der Waals surface area contributed by atoms with E-state index in [9.17, 15) is 10.1 Å². The van der Waals surface area contributed by atoms with Crippen LogP contribution >= 0.6 is 0 Å². The van der Waals surface area contributed by atoms with E-state index in [1.807, 2.05) is 35.2 Å². The summed E-state index contributed by atoms with van der Waals surface area (Å²) in [7, 11) is 0. The summed E-state index contributed by atoms with van der Waals surface area (Å²) in [5.41, 5.74) is 5.29. The van der Waals surface area contributed by atoms with Crippen molar-refractivity contribution in [1.29, 1.82) is 5.26 Å². The minimum Gasteiger partial charge on any atom is -0.331 e. The monoisotopic (exact) mass is 361 g/mol. The molecule has 5 heteroatoms. The lowest BCUT2D eigenvalue weighted by Gasteiger charge is -2.32. The molecule has 1 aliphatic carbocycles. The number of aromatic nitrogens is 1. The molecule has 0 bridgehead atoms. The quantitative estimate of drug-likeness (QED) is 0.826. The average Bonchev–Trinajstić information content (AvgIpc) is 2.74. The number of anilines is 1. The summed E-state index contributed by atoms with van der Waals surface area (Å²) in [6, 6.07) is 11.9. The van der Waals surface area contributed by atoms with Gasteiger partial charge in [0.15, 0.2) is 0 Å². The number of rotatable bonds is 2. The summed E-state index contributed by atoms with van der Waals surface area (Å²) in [5, 5.41) is 9.82. The predicted molar refractivity (Wildman–Crippen MR) is 104 cm³/mol. The van der Waals surface area contributed by atoms with E-state index < -0.39 is 0 Å². The van der Waals surface area contributed by atoms with Crippen LogP contribution in [0.4, 0.5) is 5.82 Å². The van der Waals surface area contributed by atoms with Crippen molar-refractivity contribution in [3.05, 3.63) is 58.3 Å². The Morgan fingerprint density at radius 3 is 2.37 bits per heavy atom. The van der Waals surface area contributed by atoms with E-state index >= 15 is 0 Å². The number of aromatic amines is 1. The summed E-state index contributed by atoms with van der Waals surface area (Å²) in [4.78, 5) is 20.3. The second-order valence-corrected chi connectivity index (χ2v) is 7.39. The van der Waals surface area contributed by atoms with Crippen LogP contribution in [0.3, 0.4) is 0 Å². The highest BCUT2D eigenvalue weighted by Crippen LogP contribution is 2.30. The zero-order valence-corrected chi connectivity index (χ0v) is 15.8. The summed E-state index contributed by atoms with van der Waals surface area (Å²) in [6.45, 7) is 4.93. The van der Waals surface area contributed by atoms with Crippen molar-refractivity contribution in [2.45, 2.75) is 32.6 Å². The third-order valence-electron chi connectivity index (χ3n) is 5.78. The molecule has 2 aliphatic rings. The molecule has 1 saturated heterocycles. The van der Waals surface area contributed by atoms with Crippen molar-refractivity contribution in [1.82, 2.24) is 4.90 Å². The minimum absolute atomic E-state index is 0.0846. The molecule has 1 N–H and O–H groups in total. The number of H-pyrrole nitrogens is 1. The summed E-state index contributed by atoms with van der Waals surface area (Å²) in [6.07, 6.45) is 4.41. The van der Waals surface area contributed by atoms with Gasteiger partial charge in [-0.2, -0.15) is 5.26 Å². The first-order valence-electron chi connectivity index (χ1n) is 9.76. The molecule has 0 saturated carbocycles. The Balaban J connectivity index is 1.54. The van der Waals surface area contributed by atoms with Crippen LogP contribution in [0, 0.1) is 18.3 Å². The van der Waals surface area contributed by atoms with Gasteiger partial charge in [-0.15, -0.1) is 0 Å². The Labute approximate surface area is 160 Å². The third-order valence-corrected chi connectivity index (χ3v) is 5.78. The van der Waals surface area contributed by atoms with E-state index in [0.29, 0.717) is 13.1 Å². The normalized spacial score (nSPS) is 16.6. The standard InChI is InChI=1S/C22H24N4O/c1-16-18-9-5-6-10-19(18)20(15-23)21(24-16)25-11-13-26(14-12-25)22(27)17-7-3-2-4-8-17/h2-4,7-8H,5-6,9-14H2,1H3/p+1. The molecule has 1 amide bonds. The number of amides is 1. The number of nitrogens with one attached hydrogen (secondary N) is 1. The van der Waals surface area contributed by atoms with Gasteiger partial charge in [-0.1, -0.05) is 18.2 Å². The van der Waals surface area contributed by atoms with Gasteiger partial charge in [-0.25, -0.2) is 4.98 Å². The Hall–Kier alpha value is -2.87. The molecule has 2 heterocycles. The Kier molecular flexibility index (Phi) is 4.81. The van der Waals surface area contributed by atoms with Crippen LogP contribution in [0.1, 0.15) is 45.6 Å². The molecule has 27 heavy (non-hydrogen) atoms. The topological polar surface area (TPSA) is 61.5 Å². The molecular formula is C22H25N4O+. The SMILES string of the molecule is Cc1[nH+]c(N2CCN(C(=O)c3ccccc3)CC2)c(C#N)c2c1CCCC2. The second-order valence-electron chi connectivity index (χ2n) is 7.39. The number of nitrogens with zero attached hydrogens (tertiary/aromatic N) is 3. The van der Waals surface area contributed by atoms with Gasteiger partial charge in [0.2, 0.25) is 0 Å². The number of carbonyl (C=O) groups excluding carboxylic acids is 1. The molecule has 0 unspecified atom stereocenters. The first-order chi connectivity index (χ1) is 13.2. The highest BCUT2D eigenvalue weighted by atomic mass is 16.2. The van der Waals surface area contributed by atoms with Crippen LogP contribution in [-0.2, 0) is 12.8 Å². The Morgan fingerprint density at radius 2 is 1.70 bits per heavy atom. The van der Waals surface area contributed by atoms with E-state index in [-0.39, 0.29) is 5.91 Å². The van der Waals surface area contributed by atoms with Gasteiger partial charge >= 0.3 is 0 Å². The van der Waals surface area contributed by atoms with E-state index in [1.165, 1.54) is 23.2 Å². The minimum atomic E-state index is 0.0846. The van der Waals surface area contributed by atoms with Crippen LogP contribution in [-0.4, -0.2) is 37.0 Å². The van der Waals surface area contributed by atoms with Crippen LogP contribution < -0.4 is 9.88 Å². The van der Waals surface area contributed by atoms with E-state index in [1.54, 1.807) is 0 Å². The number of carbonyl (C=O) groups is 1. The summed E-state index contributed by atoms with van der Waals surface area (Å²) < 4.78 is 0. The van der Waals surface area contributed by atoms with Gasteiger partial charge in [0.05, 0.1) is 13.1 Å². The molecule has 0 radical (unpaired) electrons. The molecule has 4 rings (SSSR count). The lowest BCUT2D eigenvalue weighted by atomic mass is 9.88. The number of aryl methyl sites for hydroxylation is 1. The lowest BCUT2D eigenvalue weighted by Crippen LogP contribution is -2.50. The lowest BCUT2D eigenvalue weighted by molar-refractivity contribution is -0.375. The molecule has 2 aromatic rings. The van der Waals surface area contributed by atoms with E-state index in [2.05, 4.69) is 22.9 Å². The maximum absolute atomic E-state index is 12.7. The van der Waals surface area contributed by atoms with Crippen LogP contribution in [0.2, 0.25) is 0 Å². The van der Waals surface area contributed by atoms with Gasteiger partial charge in [-0.05, 0) is 55.9 Å². The third kappa shape index (κ3) is 3.28. The van der Waals surface area contributed by atoms with Gasteiger partial charge < -0.3 is 4.90 Å². The first-order valence-corrected chi connectivity index (χ1v) is 9.76. The average molecular weight is 361 g/mol. The predicted octanol–water partition coefficient (Wildman–Crippen LogP) is 2.52. The zero-order valence-electron chi connectivity index (χ0n) is 15.8. The number of nitriles is 1. The number of pyridine rings is 1. The maximum atomic E-state index is 12.7. The van der Waals surface area contributed by atoms with Crippen molar-refractivity contribution in [2.75, 3.05) is 31.1 Å². The van der Waals surface area contributed by atoms with Crippen LogP contribution in [0.15, 0.2) is 30.3 Å². The smallest absolute Gasteiger partial charge is 0.293 e. The van der Waals surface area contributed by atoms with Crippen molar-refractivity contribution in [3.63, 3.8) is 0 Å². The van der Waals surface area contributed by atoms with Gasteiger partial charge in [0.1, 0.15) is 30.4 Å². The fourth-order valence-electron chi connectivity index (χ4n) is 4.31. The van der Waals surface area contributed by atoms with Crippen LogP contribution in [0.25, 0.3) is 0 Å². The number of hydrogen-bond acceptors (Lipinski definition) is 3. The van der Waals surface area contributed by atoms with Crippen LogP contribution in [0.5, 0.6) is 0 Å². The Morgan fingerprint density at radius 1 is 1.04 bits per heavy atom. The van der Waals surface area contributed by atoms with Gasteiger partial charge in [0.25, 0.3) is 11.7 Å². The fraction of sp³-hybridized carbons (Fsp3) is 0.409. The molecule has 1 aromatic carbocycles. The van der Waals surface area contributed by atoms with Crippen molar-refractivity contribution in [3.8, 4) is 6.07 Å².